The number of nitrogens with one attached hydrogen (secondary N) is 2. The van der Waals surface area contributed by atoms with Crippen LogP contribution in [-0.4, -0.2) is 53.2 Å². The highest BCUT2D eigenvalue weighted by molar-refractivity contribution is 6.06. The third-order valence-electron chi connectivity index (χ3n) is 8.70. The van der Waals surface area contributed by atoms with E-state index in [4.69, 9.17) is 4.74 Å². The number of fused-ring (bicyclic) bond motifs is 1. The van der Waals surface area contributed by atoms with Crippen molar-refractivity contribution in [3.8, 4) is 28.3 Å². The van der Waals surface area contributed by atoms with Gasteiger partial charge in [-0.05, 0) is 39.8 Å². The average Bonchev–Trinajstić information content (AvgIpc) is 3.22. The van der Waals surface area contributed by atoms with Gasteiger partial charge in [-0.15, -0.1) is 0 Å². The maximum absolute atomic E-state index is 13.1. The number of pyridine rings is 3. The molecule has 14 nitrogen and oxygen atoms in total. The van der Waals surface area contributed by atoms with Gasteiger partial charge in [-0.3, -0.25) is 34.1 Å². The predicted octanol–water partition coefficient (Wildman–Crippen LogP) is 7.10. The number of nitrogens with zero attached hydrogens (tertiary/aromatic N) is 7. The molecule has 5 aromatic heterocycles. The van der Waals surface area contributed by atoms with Crippen molar-refractivity contribution in [2.75, 3.05) is 17.7 Å². The molecule has 0 radical (unpaired) electrons. The van der Waals surface area contributed by atoms with Gasteiger partial charge < -0.3 is 15.4 Å². The van der Waals surface area contributed by atoms with Crippen molar-refractivity contribution in [1.82, 2.24) is 34.5 Å². The zero-order valence-corrected chi connectivity index (χ0v) is 31.5. The maximum Gasteiger partial charge on any atom is 0.291 e. The molecule has 0 saturated carbocycles. The highest BCUT2D eigenvalue weighted by atomic mass is 16.5. The second-order valence-electron chi connectivity index (χ2n) is 12.4. The quantitative estimate of drug-likeness (QED) is 0.129. The molecule has 56 heavy (non-hydrogen) atoms. The summed E-state index contributed by atoms with van der Waals surface area (Å²) in [7, 11) is 1.53. The van der Waals surface area contributed by atoms with Crippen LogP contribution in [0.2, 0.25) is 0 Å². The van der Waals surface area contributed by atoms with E-state index in [0.717, 1.165) is 16.5 Å². The number of carbonyl (C=O) groups excluding carboxylic acids is 2. The Balaban J connectivity index is 0.000000190. The molecule has 0 aliphatic heterocycles. The first kappa shape index (κ1) is 38.4. The molecule has 7 aromatic rings. The largest absolute Gasteiger partial charge is 0.495 e. The van der Waals surface area contributed by atoms with Crippen molar-refractivity contribution in [2.45, 2.75) is 40.8 Å². The Morgan fingerprint density at radius 3 is 1.73 bits per heavy atom. The van der Waals surface area contributed by atoms with E-state index in [1.807, 2.05) is 86.6 Å². The van der Waals surface area contributed by atoms with Gasteiger partial charge in [0, 0.05) is 48.1 Å². The minimum absolute atomic E-state index is 0.174. The molecule has 0 saturated heterocycles. The monoisotopic (exact) mass is 749 g/mol. The fraction of sp³-hybridized carbons (Fsp3) is 0.167. The fourth-order valence-electron chi connectivity index (χ4n) is 6.05. The molecule has 0 spiro atoms. The zero-order chi connectivity index (χ0) is 39.8. The van der Waals surface area contributed by atoms with E-state index in [-0.39, 0.29) is 45.2 Å². The third-order valence-corrected chi connectivity index (χ3v) is 8.70. The van der Waals surface area contributed by atoms with Crippen LogP contribution in [-0.2, 0) is 13.1 Å². The first-order valence-corrected chi connectivity index (χ1v) is 17.8. The van der Waals surface area contributed by atoms with Crippen molar-refractivity contribution in [1.29, 1.82) is 0 Å². The second-order valence-corrected chi connectivity index (χ2v) is 12.4. The number of aromatic nitrogens is 7. The molecule has 14 heteroatoms. The Morgan fingerprint density at radius 2 is 1.21 bits per heavy atom. The summed E-state index contributed by atoms with van der Waals surface area (Å²) >= 11 is 0. The lowest BCUT2D eigenvalue weighted by atomic mass is 10.0. The van der Waals surface area contributed by atoms with Crippen molar-refractivity contribution >= 4 is 45.2 Å². The van der Waals surface area contributed by atoms with E-state index >= 15 is 0 Å². The van der Waals surface area contributed by atoms with Crippen LogP contribution in [0.15, 0.2) is 119 Å². The molecule has 0 atom stereocenters. The Labute approximate surface area is 321 Å². The SMILES string of the molecule is CCn1nc(-c2ccccc2)c(C(C)=O)c(Nc2cncc(OC)c2)c1=O.CCn1nc(-c2ccccc2)c(C(C)=O)c(Nc2cncc3cccnc23)c1=O. The number of aryl methyl sites for hydroxylation is 2. The number of benzene rings is 2. The van der Waals surface area contributed by atoms with Crippen LogP contribution in [0.1, 0.15) is 48.4 Å². The number of hydrogen-bond acceptors (Lipinski definition) is 12. The molecule has 0 aliphatic rings. The zero-order valence-electron chi connectivity index (χ0n) is 31.5. The van der Waals surface area contributed by atoms with Gasteiger partial charge in [0.25, 0.3) is 11.1 Å². The van der Waals surface area contributed by atoms with Crippen LogP contribution in [0, 0.1) is 0 Å². The van der Waals surface area contributed by atoms with Crippen LogP contribution in [0.4, 0.5) is 22.7 Å². The van der Waals surface area contributed by atoms with Gasteiger partial charge in [0.15, 0.2) is 11.6 Å². The first-order valence-electron chi connectivity index (χ1n) is 17.8. The van der Waals surface area contributed by atoms with Crippen molar-refractivity contribution in [3.63, 3.8) is 0 Å². The Morgan fingerprint density at radius 1 is 0.679 bits per heavy atom. The normalized spacial score (nSPS) is 10.7. The summed E-state index contributed by atoms with van der Waals surface area (Å²) in [6.07, 6.45) is 8.09. The van der Waals surface area contributed by atoms with Crippen LogP contribution in [0.5, 0.6) is 5.75 Å². The topological polar surface area (TPSA) is 176 Å². The number of hydrogen-bond donors (Lipinski definition) is 2. The summed E-state index contributed by atoms with van der Waals surface area (Å²) < 4.78 is 7.86. The molecule has 0 amide bonds. The summed E-state index contributed by atoms with van der Waals surface area (Å²) in [5, 5.41) is 15.9. The van der Waals surface area contributed by atoms with E-state index < -0.39 is 0 Å². The van der Waals surface area contributed by atoms with E-state index in [9.17, 15) is 19.2 Å². The predicted molar refractivity (Wildman–Crippen MR) is 216 cm³/mol. The lowest BCUT2D eigenvalue weighted by Gasteiger charge is -2.16. The molecular formula is C42H39N9O5. The van der Waals surface area contributed by atoms with E-state index in [0.29, 0.717) is 47.1 Å². The number of ketones is 2. The Bertz CT molecular complexity index is 2660. The maximum atomic E-state index is 13.1. The molecule has 0 unspecified atom stereocenters. The summed E-state index contributed by atoms with van der Waals surface area (Å²) in [6, 6.07) is 24.1. The van der Waals surface area contributed by atoms with Crippen LogP contribution in [0.3, 0.4) is 0 Å². The molecule has 282 valence electrons. The lowest BCUT2D eigenvalue weighted by molar-refractivity contribution is 0.101. The minimum Gasteiger partial charge on any atom is -0.495 e. The van der Waals surface area contributed by atoms with Gasteiger partial charge >= 0.3 is 0 Å². The summed E-state index contributed by atoms with van der Waals surface area (Å²) in [5.74, 6) is 0.0398. The number of methoxy groups -OCH3 is 1. The van der Waals surface area contributed by atoms with Gasteiger partial charge in [-0.2, -0.15) is 10.2 Å². The second kappa shape index (κ2) is 17.2. The van der Waals surface area contributed by atoms with Gasteiger partial charge in [0.1, 0.15) is 28.5 Å². The van der Waals surface area contributed by atoms with Crippen LogP contribution >= 0.6 is 0 Å². The first-order chi connectivity index (χ1) is 27.1. The van der Waals surface area contributed by atoms with Gasteiger partial charge in [0.05, 0.1) is 53.7 Å². The number of Topliss-reactive ketones (excluding diaryl/α,β-unsaturated/α-hetero) is 2. The minimum atomic E-state index is -0.370. The van der Waals surface area contributed by atoms with Crippen LogP contribution < -0.4 is 26.5 Å². The standard InChI is InChI=1S/C22H19N5O2.C20H20N4O3/c1-3-27-22(29)21(25-17-13-23-12-16-10-7-11-24-19(16)17)18(14(2)28)20(26-27)15-8-5-4-6-9-15;1-4-24-20(26)19(22-15-10-16(27-3)12-21-11-15)17(13(2)25)18(23-24)14-8-6-5-7-9-14/h4-13,25H,3H2,1-2H3;5-12,22H,4H2,1-3H3. The highest BCUT2D eigenvalue weighted by Gasteiger charge is 2.24. The molecule has 2 N–H and O–H groups in total. The number of rotatable bonds is 11. The number of ether oxygens (including phenoxy) is 1. The van der Waals surface area contributed by atoms with Gasteiger partial charge in [-0.25, -0.2) is 9.36 Å². The molecule has 0 bridgehead atoms. The van der Waals surface area contributed by atoms with Crippen molar-refractivity contribution in [3.05, 3.63) is 142 Å². The number of carbonyl (C=O) groups is 2. The molecular weight excluding hydrogens is 711 g/mol. The Hall–Kier alpha value is -7.35. The smallest absolute Gasteiger partial charge is 0.291 e. The van der Waals surface area contributed by atoms with Crippen molar-refractivity contribution < 1.29 is 14.3 Å². The molecule has 0 fully saturated rings. The molecule has 0 aliphatic carbocycles. The molecule has 7 rings (SSSR count). The van der Waals surface area contributed by atoms with Crippen LogP contribution in [0.25, 0.3) is 33.4 Å². The Kier molecular flexibility index (Phi) is 11.8. The van der Waals surface area contributed by atoms with Crippen molar-refractivity contribution in [2.24, 2.45) is 0 Å². The highest BCUT2D eigenvalue weighted by Crippen LogP contribution is 2.30. The third kappa shape index (κ3) is 8.09. The summed E-state index contributed by atoms with van der Waals surface area (Å²) in [6.45, 7) is 7.27. The van der Waals surface area contributed by atoms with E-state index in [1.54, 1.807) is 37.1 Å². The fourth-order valence-corrected chi connectivity index (χ4v) is 6.05. The molecule has 5 heterocycles. The summed E-state index contributed by atoms with van der Waals surface area (Å²) in [4.78, 5) is 63.8. The van der Waals surface area contributed by atoms with Gasteiger partial charge in [0.2, 0.25) is 0 Å². The van der Waals surface area contributed by atoms with E-state index in [1.165, 1.54) is 30.3 Å². The lowest BCUT2D eigenvalue weighted by Crippen LogP contribution is -2.28. The average molecular weight is 750 g/mol. The van der Waals surface area contributed by atoms with Gasteiger partial charge in [-0.1, -0.05) is 60.7 Å². The van der Waals surface area contributed by atoms with E-state index in [2.05, 4.69) is 35.8 Å². The summed E-state index contributed by atoms with van der Waals surface area (Å²) in [5.41, 5.74) is 4.31. The molecule has 2 aromatic carbocycles. The number of anilines is 4.